The summed E-state index contributed by atoms with van der Waals surface area (Å²) in [7, 11) is 0. The molecule has 0 spiro atoms. The van der Waals surface area contributed by atoms with Crippen LogP contribution in [0.3, 0.4) is 0 Å². The van der Waals surface area contributed by atoms with E-state index in [2.05, 4.69) is 43.4 Å². The van der Waals surface area contributed by atoms with Crippen LogP contribution in [0.4, 0.5) is 0 Å². The van der Waals surface area contributed by atoms with Crippen molar-refractivity contribution < 1.29 is 9.53 Å². The van der Waals surface area contributed by atoms with E-state index in [0.29, 0.717) is 22.1 Å². The molecule has 0 aliphatic carbocycles. The van der Waals surface area contributed by atoms with Gasteiger partial charge in [0, 0.05) is 5.02 Å². The van der Waals surface area contributed by atoms with Crippen LogP contribution in [0, 0.1) is 0 Å². The van der Waals surface area contributed by atoms with E-state index in [4.69, 9.17) is 16.3 Å². The minimum Gasteiger partial charge on any atom is -0.487 e. The van der Waals surface area contributed by atoms with E-state index in [9.17, 15) is 4.79 Å². The number of ether oxygens (including phenoxy) is 1. The summed E-state index contributed by atoms with van der Waals surface area (Å²) in [4.78, 5) is 12.1. The molecular weight excluding hydrogens is 348 g/mol. The van der Waals surface area contributed by atoms with Crippen LogP contribution in [0.5, 0.6) is 5.75 Å². The third-order valence-corrected chi connectivity index (χ3v) is 4.38. The Morgan fingerprint density at radius 1 is 1.08 bits per heavy atom. The molecule has 5 heteroatoms. The Balaban J connectivity index is 1.74. The molecule has 1 heterocycles. The van der Waals surface area contributed by atoms with Crippen LogP contribution in [-0.2, 0) is 10.2 Å². The molecule has 0 saturated heterocycles. The Labute approximate surface area is 158 Å². The molecule has 0 radical (unpaired) electrons. The highest BCUT2D eigenvalue weighted by Gasteiger charge is 2.23. The zero-order valence-corrected chi connectivity index (χ0v) is 15.8. The van der Waals surface area contributed by atoms with Crippen LogP contribution in [0.1, 0.15) is 31.9 Å². The van der Waals surface area contributed by atoms with Crippen LogP contribution in [0.15, 0.2) is 59.2 Å². The Morgan fingerprint density at radius 2 is 1.73 bits per heavy atom. The number of amides is 1. The van der Waals surface area contributed by atoms with E-state index in [1.165, 1.54) is 5.56 Å². The summed E-state index contributed by atoms with van der Waals surface area (Å²) in [5.41, 5.74) is 5.88. The second-order valence-electron chi connectivity index (χ2n) is 7.17. The van der Waals surface area contributed by atoms with Crippen molar-refractivity contribution in [2.45, 2.75) is 26.2 Å². The molecule has 0 bridgehead atoms. The molecule has 1 aliphatic rings. The first-order valence-electron chi connectivity index (χ1n) is 8.41. The van der Waals surface area contributed by atoms with Gasteiger partial charge in [0.1, 0.15) is 18.1 Å². The molecule has 0 saturated carbocycles. The Hall–Kier alpha value is -2.59. The number of nitrogens with one attached hydrogen (secondary N) is 1. The normalized spacial score (nSPS) is 15.8. The molecule has 0 unspecified atom stereocenters. The molecule has 2 aromatic rings. The highest BCUT2D eigenvalue weighted by Crippen LogP contribution is 2.23. The number of rotatable bonds is 4. The van der Waals surface area contributed by atoms with Gasteiger partial charge in [-0.1, -0.05) is 56.6 Å². The highest BCUT2D eigenvalue weighted by atomic mass is 35.5. The van der Waals surface area contributed by atoms with Gasteiger partial charge < -0.3 is 4.74 Å². The van der Waals surface area contributed by atoms with Gasteiger partial charge in [0.05, 0.1) is 5.57 Å². The van der Waals surface area contributed by atoms with E-state index in [1.54, 1.807) is 24.3 Å². The molecule has 1 amide bonds. The van der Waals surface area contributed by atoms with Gasteiger partial charge in [0.15, 0.2) is 0 Å². The van der Waals surface area contributed by atoms with Gasteiger partial charge in [-0.3, -0.25) is 4.79 Å². The zero-order valence-electron chi connectivity index (χ0n) is 15.0. The number of hydrogen-bond donors (Lipinski definition) is 1. The van der Waals surface area contributed by atoms with Crippen molar-refractivity contribution >= 4 is 29.3 Å². The van der Waals surface area contributed by atoms with Gasteiger partial charge in [0.2, 0.25) is 0 Å². The van der Waals surface area contributed by atoms with Crippen LogP contribution in [0.2, 0.25) is 5.02 Å². The summed E-state index contributed by atoms with van der Waals surface area (Å²) in [5.74, 6) is 0.449. The molecule has 0 aromatic heterocycles. The molecule has 0 atom stereocenters. The third-order valence-electron chi connectivity index (χ3n) is 4.12. The largest absolute Gasteiger partial charge is 0.487 e. The lowest BCUT2D eigenvalue weighted by Gasteiger charge is -2.18. The van der Waals surface area contributed by atoms with Crippen molar-refractivity contribution in [3.05, 3.63) is 70.3 Å². The van der Waals surface area contributed by atoms with Gasteiger partial charge in [-0.15, -0.1) is 0 Å². The van der Waals surface area contributed by atoms with Crippen LogP contribution in [-0.4, -0.2) is 18.2 Å². The van der Waals surface area contributed by atoms with Crippen molar-refractivity contribution in [2.75, 3.05) is 6.61 Å². The molecule has 0 fully saturated rings. The number of carbonyl (C=O) groups excluding carboxylic acids is 1. The number of hydrogen-bond acceptors (Lipinski definition) is 3. The fraction of sp³-hybridized carbons (Fsp3) is 0.238. The first-order valence-corrected chi connectivity index (χ1v) is 8.78. The summed E-state index contributed by atoms with van der Waals surface area (Å²) in [5, 5.41) is 4.73. The minimum atomic E-state index is -0.223. The quantitative estimate of drug-likeness (QED) is 0.802. The van der Waals surface area contributed by atoms with Crippen LogP contribution in [0.25, 0.3) is 6.08 Å². The summed E-state index contributed by atoms with van der Waals surface area (Å²) in [6, 6.07) is 15.3. The number of halogens is 1. The first-order chi connectivity index (χ1) is 12.3. The lowest BCUT2D eigenvalue weighted by atomic mass is 9.86. The van der Waals surface area contributed by atoms with Gasteiger partial charge in [0.25, 0.3) is 5.91 Å². The highest BCUT2D eigenvalue weighted by molar-refractivity contribution is 6.30. The number of benzene rings is 2. The van der Waals surface area contributed by atoms with E-state index in [0.717, 1.165) is 5.56 Å². The van der Waals surface area contributed by atoms with Crippen molar-refractivity contribution in [3.8, 4) is 5.75 Å². The molecular formula is C21H21ClN2O2. The standard InChI is InChI=1S/C21H21ClN2O2/c1-21(2,3)15-6-4-14(5-7-15)12-18-19(23-24-20(18)25)13-26-17-10-8-16(22)9-11-17/h4-12H,13H2,1-3H3,(H,24,25). The SMILES string of the molecule is CC(C)(C)c1ccc(C=C2C(=O)NN=C2COc2ccc(Cl)cc2)cc1. The minimum absolute atomic E-state index is 0.0927. The molecule has 2 aromatic carbocycles. The Morgan fingerprint density at radius 3 is 2.35 bits per heavy atom. The lowest BCUT2D eigenvalue weighted by molar-refractivity contribution is -0.116. The summed E-state index contributed by atoms with van der Waals surface area (Å²) >= 11 is 5.87. The fourth-order valence-electron chi connectivity index (χ4n) is 2.56. The van der Waals surface area contributed by atoms with Gasteiger partial charge in [-0.2, -0.15) is 5.10 Å². The Kier molecular flexibility index (Phi) is 5.14. The molecule has 3 rings (SSSR count). The molecule has 4 nitrogen and oxygen atoms in total. The maximum Gasteiger partial charge on any atom is 0.273 e. The lowest BCUT2D eigenvalue weighted by Crippen LogP contribution is -2.16. The van der Waals surface area contributed by atoms with Crippen molar-refractivity contribution in [1.29, 1.82) is 0 Å². The summed E-state index contributed by atoms with van der Waals surface area (Å²) in [6.07, 6.45) is 1.83. The van der Waals surface area contributed by atoms with E-state index < -0.39 is 0 Å². The molecule has 134 valence electrons. The smallest absolute Gasteiger partial charge is 0.273 e. The summed E-state index contributed by atoms with van der Waals surface area (Å²) < 4.78 is 5.70. The van der Waals surface area contributed by atoms with Crippen molar-refractivity contribution in [2.24, 2.45) is 5.10 Å². The monoisotopic (exact) mass is 368 g/mol. The second kappa shape index (κ2) is 7.34. The van der Waals surface area contributed by atoms with E-state index >= 15 is 0 Å². The molecule has 26 heavy (non-hydrogen) atoms. The van der Waals surface area contributed by atoms with Gasteiger partial charge in [-0.25, -0.2) is 5.43 Å². The second-order valence-corrected chi connectivity index (χ2v) is 7.61. The maximum absolute atomic E-state index is 12.1. The first kappa shape index (κ1) is 18.2. The number of carbonyl (C=O) groups is 1. The number of nitrogens with zero attached hydrogens (tertiary/aromatic N) is 1. The molecule has 1 aliphatic heterocycles. The molecule has 1 N–H and O–H groups in total. The van der Waals surface area contributed by atoms with E-state index in [-0.39, 0.29) is 17.9 Å². The van der Waals surface area contributed by atoms with Crippen LogP contribution < -0.4 is 10.2 Å². The summed E-state index contributed by atoms with van der Waals surface area (Å²) in [6.45, 7) is 6.71. The van der Waals surface area contributed by atoms with E-state index in [1.807, 2.05) is 18.2 Å². The topological polar surface area (TPSA) is 50.7 Å². The predicted molar refractivity (Wildman–Crippen MR) is 106 cm³/mol. The predicted octanol–water partition coefficient (Wildman–Crippen LogP) is 4.59. The van der Waals surface area contributed by atoms with Crippen molar-refractivity contribution in [1.82, 2.24) is 5.43 Å². The number of hydrazone groups is 1. The average molecular weight is 369 g/mol. The fourth-order valence-corrected chi connectivity index (χ4v) is 2.68. The maximum atomic E-state index is 12.1. The van der Waals surface area contributed by atoms with Gasteiger partial charge in [-0.05, 0) is 46.9 Å². The average Bonchev–Trinajstić information content (AvgIpc) is 2.94. The van der Waals surface area contributed by atoms with Crippen LogP contribution >= 0.6 is 11.6 Å². The van der Waals surface area contributed by atoms with Crippen molar-refractivity contribution in [3.63, 3.8) is 0 Å². The Bertz CT molecular complexity index is 860. The zero-order chi connectivity index (χ0) is 18.7. The van der Waals surface area contributed by atoms with Gasteiger partial charge >= 0.3 is 0 Å². The third kappa shape index (κ3) is 4.33.